The van der Waals surface area contributed by atoms with E-state index >= 15 is 0 Å². The Kier molecular flexibility index (Phi) is 6.41. The number of fused-ring (bicyclic) bond motifs is 2. The van der Waals surface area contributed by atoms with Crippen LogP contribution in [0, 0.1) is 6.92 Å². The highest BCUT2D eigenvalue weighted by molar-refractivity contribution is 7.89. The highest BCUT2D eigenvalue weighted by Crippen LogP contribution is 2.33. The number of ether oxygens (including phenoxy) is 1. The summed E-state index contributed by atoms with van der Waals surface area (Å²) < 4.78 is 33.6. The molecule has 2 fully saturated rings. The molecule has 2 atom stereocenters. The van der Waals surface area contributed by atoms with E-state index in [1.54, 1.807) is 11.4 Å². The molecule has 0 spiro atoms. The van der Waals surface area contributed by atoms with Gasteiger partial charge in [0, 0.05) is 25.2 Å². The fraction of sp³-hybridized carbons (Fsp3) is 0.667. The van der Waals surface area contributed by atoms with Gasteiger partial charge in [-0.1, -0.05) is 13.8 Å². The third kappa shape index (κ3) is 3.97. The normalized spacial score (nSPS) is 24.0. The number of methoxy groups -OCH3 is 1. The number of sulfonamides is 1. The van der Waals surface area contributed by atoms with Gasteiger partial charge in [0.2, 0.25) is 10.0 Å². The average Bonchev–Trinajstić information content (AvgIpc) is 2.84. The number of benzene rings is 1. The molecule has 2 heterocycles. The summed E-state index contributed by atoms with van der Waals surface area (Å²) in [6.07, 6.45) is 3.12. The summed E-state index contributed by atoms with van der Waals surface area (Å²) in [4.78, 5) is 0.421. The second kappa shape index (κ2) is 7.82. The molecule has 0 radical (unpaired) electrons. The number of rotatable bonds is 4. The van der Waals surface area contributed by atoms with Crippen molar-refractivity contribution in [1.29, 1.82) is 0 Å². The highest BCUT2D eigenvalue weighted by Gasteiger charge is 2.35. The van der Waals surface area contributed by atoms with E-state index in [4.69, 9.17) is 4.74 Å². The van der Waals surface area contributed by atoms with Crippen LogP contribution in [-0.4, -0.2) is 45.0 Å². The van der Waals surface area contributed by atoms with E-state index in [1.165, 1.54) is 0 Å². The molecule has 1 N–H and O–H groups in total. The van der Waals surface area contributed by atoms with Crippen molar-refractivity contribution in [3.8, 4) is 5.75 Å². The van der Waals surface area contributed by atoms with E-state index in [1.807, 2.05) is 19.1 Å². The molecule has 0 saturated carbocycles. The van der Waals surface area contributed by atoms with E-state index in [0.29, 0.717) is 24.0 Å². The Hall–Kier alpha value is -0.820. The third-order valence-corrected chi connectivity index (χ3v) is 7.26. The van der Waals surface area contributed by atoms with Gasteiger partial charge in [-0.25, -0.2) is 8.42 Å². The number of nitrogens with zero attached hydrogens (tertiary/aromatic N) is 1. The molecular formula is C18H29ClN2O3S. The monoisotopic (exact) mass is 388 g/mol. The second-order valence-electron chi connectivity index (χ2n) is 7.30. The van der Waals surface area contributed by atoms with Gasteiger partial charge in [-0.2, -0.15) is 4.31 Å². The largest absolute Gasteiger partial charge is 0.496 e. The van der Waals surface area contributed by atoms with Crippen molar-refractivity contribution in [2.24, 2.45) is 0 Å². The standard InChI is InChI=1S/C18H28N2O3S.ClH/c1-12(2)16-10-18(13(3)9-17(16)23-4)24(21,22)20-8-7-14-5-6-15(11-20)19-14;/h9-10,12,14-15,19H,5-8,11H2,1-4H3;1H. The summed E-state index contributed by atoms with van der Waals surface area (Å²) in [5.41, 5.74) is 1.69. The zero-order chi connectivity index (χ0) is 17.5. The van der Waals surface area contributed by atoms with Gasteiger partial charge < -0.3 is 10.1 Å². The second-order valence-corrected chi connectivity index (χ2v) is 9.21. The summed E-state index contributed by atoms with van der Waals surface area (Å²) in [5.74, 6) is 0.967. The van der Waals surface area contributed by atoms with Crippen LogP contribution in [0.4, 0.5) is 0 Å². The average molecular weight is 389 g/mol. The first-order valence-corrected chi connectivity index (χ1v) is 10.2. The lowest BCUT2D eigenvalue weighted by molar-refractivity contribution is 0.382. The zero-order valence-corrected chi connectivity index (χ0v) is 17.0. The minimum atomic E-state index is -3.48. The van der Waals surface area contributed by atoms with Gasteiger partial charge in [0.15, 0.2) is 0 Å². The van der Waals surface area contributed by atoms with Crippen molar-refractivity contribution in [1.82, 2.24) is 9.62 Å². The van der Waals surface area contributed by atoms with Gasteiger partial charge >= 0.3 is 0 Å². The molecule has 142 valence electrons. The molecule has 2 aliphatic heterocycles. The topological polar surface area (TPSA) is 58.6 Å². The fourth-order valence-electron chi connectivity index (χ4n) is 3.85. The maximum atomic E-state index is 13.3. The van der Waals surface area contributed by atoms with Crippen LogP contribution >= 0.6 is 12.4 Å². The van der Waals surface area contributed by atoms with Crippen molar-refractivity contribution in [3.05, 3.63) is 23.3 Å². The van der Waals surface area contributed by atoms with Gasteiger partial charge in [-0.3, -0.25) is 0 Å². The van der Waals surface area contributed by atoms with Crippen LogP contribution in [0.1, 0.15) is 50.2 Å². The Balaban J connectivity index is 0.00000225. The minimum Gasteiger partial charge on any atom is -0.496 e. The van der Waals surface area contributed by atoms with Crippen molar-refractivity contribution in [2.45, 2.75) is 62.9 Å². The molecule has 2 saturated heterocycles. The lowest BCUT2D eigenvalue weighted by Crippen LogP contribution is -2.39. The Bertz CT molecular complexity index is 721. The number of aryl methyl sites for hydroxylation is 1. The fourth-order valence-corrected chi connectivity index (χ4v) is 5.59. The van der Waals surface area contributed by atoms with Crippen LogP contribution in [0.5, 0.6) is 5.75 Å². The van der Waals surface area contributed by atoms with Gasteiger partial charge in [-0.05, 0) is 55.4 Å². The summed E-state index contributed by atoms with van der Waals surface area (Å²) in [6, 6.07) is 4.42. The number of nitrogens with one attached hydrogen (secondary N) is 1. The lowest BCUT2D eigenvalue weighted by Gasteiger charge is -2.25. The summed E-state index contributed by atoms with van der Waals surface area (Å²) >= 11 is 0. The Morgan fingerprint density at radius 3 is 2.52 bits per heavy atom. The molecule has 0 aromatic heterocycles. The predicted octanol–water partition coefficient (Wildman–Crippen LogP) is 3.06. The molecule has 2 bridgehead atoms. The highest BCUT2D eigenvalue weighted by atomic mass is 35.5. The molecule has 1 aromatic rings. The molecule has 2 unspecified atom stereocenters. The maximum absolute atomic E-state index is 13.3. The number of hydrogen-bond donors (Lipinski definition) is 1. The Labute approximate surface area is 157 Å². The molecule has 1 aromatic carbocycles. The summed E-state index contributed by atoms with van der Waals surface area (Å²) in [5, 5.41) is 3.54. The molecular weight excluding hydrogens is 360 g/mol. The zero-order valence-electron chi connectivity index (χ0n) is 15.4. The smallest absolute Gasteiger partial charge is 0.243 e. The Morgan fingerprint density at radius 2 is 1.88 bits per heavy atom. The molecule has 25 heavy (non-hydrogen) atoms. The Morgan fingerprint density at radius 1 is 1.20 bits per heavy atom. The quantitative estimate of drug-likeness (QED) is 0.861. The molecule has 3 rings (SSSR count). The first-order chi connectivity index (χ1) is 11.3. The minimum absolute atomic E-state index is 0. The van der Waals surface area contributed by atoms with E-state index < -0.39 is 10.0 Å². The van der Waals surface area contributed by atoms with E-state index in [0.717, 1.165) is 36.1 Å². The first-order valence-electron chi connectivity index (χ1n) is 8.77. The van der Waals surface area contributed by atoms with Gasteiger partial charge in [0.1, 0.15) is 5.75 Å². The first kappa shape index (κ1) is 20.5. The van der Waals surface area contributed by atoms with Crippen LogP contribution in [0.2, 0.25) is 0 Å². The van der Waals surface area contributed by atoms with Crippen LogP contribution in [0.3, 0.4) is 0 Å². The summed E-state index contributed by atoms with van der Waals surface area (Å²) in [6.45, 7) is 7.12. The van der Waals surface area contributed by atoms with Crippen molar-refractivity contribution in [2.75, 3.05) is 20.2 Å². The van der Waals surface area contributed by atoms with E-state index in [9.17, 15) is 8.42 Å². The van der Waals surface area contributed by atoms with Crippen LogP contribution in [0.15, 0.2) is 17.0 Å². The third-order valence-electron chi connectivity index (χ3n) is 5.25. The molecule has 7 heteroatoms. The van der Waals surface area contributed by atoms with Crippen LogP contribution in [0.25, 0.3) is 0 Å². The van der Waals surface area contributed by atoms with Crippen LogP contribution in [-0.2, 0) is 10.0 Å². The lowest BCUT2D eigenvalue weighted by atomic mass is 10.0. The SMILES string of the molecule is COc1cc(C)c(S(=O)(=O)N2CCC3CCC(C2)N3)cc1C(C)C.Cl. The predicted molar refractivity (Wildman–Crippen MR) is 102 cm³/mol. The van der Waals surface area contributed by atoms with Gasteiger partial charge in [0.05, 0.1) is 12.0 Å². The summed E-state index contributed by atoms with van der Waals surface area (Å²) in [7, 11) is -1.85. The van der Waals surface area contributed by atoms with Crippen LogP contribution < -0.4 is 10.1 Å². The molecule has 0 aliphatic carbocycles. The van der Waals surface area contributed by atoms with Crippen molar-refractivity contribution < 1.29 is 13.2 Å². The van der Waals surface area contributed by atoms with E-state index in [2.05, 4.69) is 19.2 Å². The van der Waals surface area contributed by atoms with Gasteiger partial charge in [-0.15, -0.1) is 12.4 Å². The van der Waals surface area contributed by atoms with Crippen molar-refractivity contribution in [3.63, 3.8) is 0 Å². The van der Waals surface area contributed by atoms with Crippen molar-refractivity contribution >= 4 is 22.4 Å². The molecule has 2 aliphatic rings. The maximum Gasteiger partial charge on any atom is 0.243 e. The van der Waals surface area contributed by atoms with E-state index in [-0.39, 0.29) is 24.4 Å². The number of hydrogen-bond acceptors (Lipinski definition) is 4. The van der Waals surface area contributed by atoms with Gasteiger partial charge in [0.25, 0.3) is 0 Å². The number of halogens is 1. The molecule has 0 amide bonds. The molecule has 5 nitrogen and oxygen atoms in total.